The van der Waals surface area contributed by atoms with Gasteiger partial charge in [-0.15, -0.1) is 0 Å². The molecule has 1 aromatic carbocycles. The second-order valence-electron chi connectivity index (χ2n) is 4.58. The zero-order valence-corrected chi connectivity index (χ0v) is 9.63. The first-order valence-corrected chi connectivity index (χ1v) is 5.86. The average molecular weight is 221 g/mol. The number of likely N-dealkylation sites (tertiary alicyclic amines) is 1. The predicted octanol–water partition coefficient (Wildman–Crippen LogP) is 1.91. The van der Waals surface area contributed by atoms with E-state index in [0.29, 0.717) is 0 Å². The lowest BCUT2D eigenvalue weighted by Crippen LogP contribution is -2.40. The molecule has 2 N–H and O–H groups in total. The number of hydrogen-bond acceptors (Lipinski definition) is 3. The molecule has 0 amide bonds. The lowest BCUT2D eigenvalue weighted by Gasteiger charge is -2.35. The van der Waals surface area contributed by atoms with Crippen molar-refractivity contribution in [2.24, 2.45) is 0 Å². The van der Waals surface area contributed by atoms with Crippen LogP contribution in [0.5, 0.6) is 5.75 Å². The normalized spacial score (nSPS) is 24.2. The maximum atomic E-state index is 10.3. The van der Waals surface area contributed by atoms with Gasteiger partial charge < -0.3 is 15.1 Å². The van der Waals surface area contributed by atoms with Gasteiger partial charge in [0.15, 0.2) is 0 Å². The van der Waals surface area contributed by atoms with Crippen LogP contribution in [0.15, 0.2) is 24.3 Å². The number of piperidine rings is 1. The number of aliphatic hydroxyl groups excluding tert-OH is 1. The van der Waals surface area contributed by atoms with Crippen molar-refractivity contribution in [1.82, 2.24) is 4.90 Å². The summed E-state index contributed by atoms with van der Waals surface area (Å²) in [7, 11) is 2.06. The Labute approximate surface area is 96.3 Å². The van der Waals surface area contributed by atoms with Gasteiger partial charge in [0.1, 0.15) is 5.75 Å². The second-order valence-corrected chi connectivity index (χ2v) is 4.58. The monoisotopic (exact) mass is 221 g/mol. The number of aliphatic hydroxyl groups is 1. The maximum Gasteiger partial charge on any atom is 0.115 e. The first kappa shape index (κ1) is 11.4. The molecule has 0 saturated carbocycles. The van der Waals surface area contributed by atoms with Crippen LogP contribution in [0.1, 0.15) is 30.9 Å². The van der Waals surface area contributed by atoms with Crippen molar-refractivity contribution >= 4 is 0 Å². The standard InChI is InChI=1S/C13H19NO2/c1-14-9-3-2-4-12(14)13(16)10-5-7-11(15)8-6-10/h5-8,12-13,15-16H,2-4,9H2,1H3. The fourth-order valence-corrected chi connectivity index (χ4v) is 2.39. The molecule has 0 radical (unpaired) electrons. The number of phenols is 1. The van der Waals surface area contributed by atoms with E-state index in [1.807, 2.05) is 0 Å². The van der Waals surface area contributed by atoms with Crippen LogP contribution in [0, 0.1) is 0 Å². The van der Waals surface area contributed by atoms with Crippen molar-refractivity contribution < 1.29 is 10.2 Å². The molecule has 0 bridgehead atoms. The molecule has 1 aliphatic heterocycles. The van der Waals surface area contributed by atoms with Crippen LogP contribution in [-0.4, -0.2) is 34.7 Å². The van der Waals surface area contributed by atoms with Crippen LogP contribution < -0.4 is 0 Å². The zero-order chi connectivity index (χ0) is 11.5. The first-order chi connectivity index (χ1) is 7.68. The highest BCUT2D eigenvalue weighted by atomic mass is 16.3. The van der Waals surface area contributed by atoms with Crippen LogP contribution in [-0.2, 0) is 0 Å². The van der Waals surface area contributed by atoms with E-state index < -0.39 is 6.10 Å². The topological polar surface area (TPSA) is 43.7 Å². The highest BCUT2D eigenvalue weighted by molar-refractivity contribution is 5.28. The Morgan fingerprint density at radius 2 is 1.94 bits per heavy atom. The molecule has 2 rings (SSSR count). The Hall–Kier alpha value is -1.06. The average Bonchev–Trinajstić information content (AvgIpc) is 2.30. The van der Waals surface area contributed by atoms with Crippen LogP contribution in [0.3, 0.4) is 0 Å². The summed E-state index contributed by atoms with van der Waals surface area (Å²) in [6, 6.07) is 7.05. The third-order valence-corrected chi connectivity index (χ3v) is 3.43. The number of aromatic hydroxyl groups is 1. The largest absolute Gasteiger partial charge is 0.508 e. The Kier molecular flexibility index (Phi) is 3.46. The van der Waals surface area contributed by atoms with Gasteiger partial charge >= 0.3 is 0 Å². The molecule has 2 atom stereocenters. The number of phenolic OH excluding ortho intramolecular Hbond substituents is 1. The summed E-state index contributed by atoms with van der Waals surface area (Å²) in [5, 5.41) is 19.5. The number of rotatable bonds is 2. The zero-order valence-electron chi connectivity index (χ0n) is 9.63. The number of benzene rings is 1. The fourth-order valence-electron chi connectivity index (χ4n) is 2.39. The van der Waals surface area contributed by atoms with E-state index in [1.54, 1.807) is 24.3 Å². The molecule has 3 heteroatoms. The molecule has 1 saturated heterocycles. The predicted molar refractivity (Wildman–Crippen MR) is 63.3 cm³/mol. The molecule has 2 unspecified atom stereocenters. The number of nitrogens with zero attached hydrogens (tertiary/aromatic N) is 1. The van der Waals surface area contributed by atoms with Crippen molar-refractivity contribution in [3.63, 3.8) is 0 Å². The van der Waals surface area contributed by atoms with Gasteiger partial charge in [0.2, 0.25) is 0 Å². The van der Waals surface area contributed by atoms with Crippen molar-refractivity contribution in [3.05, 3.63) is 29.8 Å². The number of hydrogen-bond donors (Lipinski definition) is 2. The molecular weight excluding hydrogens is 202 g/mol. The van der Waals surface area contributed by atoms with Gasteiger partial charge in [0, 0.05) is 6.04 Å². The van der Waals surface area contributed by atoms with E-state index >= 15 is 0 Å². The van der Waals surface area contributed by atoms with Crippen molar-refractivity contribution in [2.75, 3.05) is 13.6 Å². The summed E-state index contributed by atoms with van der Waals surface area (Å²) >= 11 is 0. The highest BCUT2D eigenvalue weighted by Crippen LogP contribution is 2.28. The van der Waals surface area contributed by atoms with Crippen LogP contribution in [0.25, 0.3) is 0 Å². The molecule has 16 heavy (non-hydrogen) atoms. The minimum absolute atomic E-state index is 0.207. The smallest absolute Gasteiger partial charge is 0.115 e. The van der Waals surface area contributed by atoms with Crippen molar-refractivity contribution in [2.45, 2.75) is 31.4 Å². The summed E-state index contributed by atoms with van der Waals surface area (Å²) in [5.41, 5.74) is 0.886. The van der Waals surface area contributed by atoms with Gasteiger partial charge in [0.25, 0.3) is 0 Å². The minimum atomic E-state index is -0.453. The van der Waals surface area contributed by atoms with E-state index in [-0.39, 0.29) is 11.8 Å². The second kappa shape index (κ2) is 4.85. The molecule has 1 aromatic rings. The van der Waals surface area contributed by atoms with E-state index in [0.717, 1.165) is 18.5 Å². The lowest BCUT2D eigenvalue weighted by molar-refractivity contribution is 0.0403. The molecule has 1 fully saturated rings. The van der Waals surface area contributed by atoms with Gasteiger partial charge in [-0.25, -0.2) is 0 Å². The fraction of sp³-hybridized carbons (Fsp3) is 0.538. The Balaban J connectivity index is 2.11. The van der Waals surface area contributed by atoms with Gasteiger partial charge in [-0.2, -0.15) is 0 Å². The van der Waals surface area contributed by atoms with Crippen LogP contribution in [0.4, 0.5) is 0 Å². The van der Waals surface area contributed by atoms with E-state index in [9.17, 15) is 10.2 Å². The molecule has 1 aliphatic rings. The first-order valence-electron chi connectivity index (χ1n) is 5.86. The SMILES string of the molecule is CN1CCCCC1C(O)c1ccc(O)cc1. The molecule has 1 heterocycles. The lowest BCUT2D eigenvalue weighted by atomic mass is 9.93. The quantitative estimate of drug-likeness (QED) is 0.801. The van der Waals surface area contributed by atoms with Gasteiger partial charge in [0.05, 0.1) is 6.10 Å². The highest BCUT2D eigenvalue weighted by Gasteiger charge is 2.26. The summed E-state index contributed by atoms with van der Waals surface area (Å²) in [4.78, 5) is 2.22. The Morgan fingerprint density at radius 3 is 2.56 bits per heavy atom. The molecule has 3 nitrogen and oxygen atoms in total. The molecule has 88 valence electrons. The van der Waals surface area contributed by atoms with Crippen molar-refractivity contribution in [1.29, 1.82) is 0 Å². The summed E-state index contributed by atoms with van der Waals surface area (Å²) < 4.78 is 0. The Morgan fingerprint density at radius 1 is 1.25 bits per heavy atom. The van der Waals surface area contributed by atoms with E-state index in [4.69, 9.17) is 0 Å². The summed E-state index contributed by atoms with van der Waals surface area (Å²) in [6.07, 6.45) is 2.99. The summed E-state index contributed by atoms with van der Waals surface area (Å²) in [6.45, 7) is 1.06. The number of likely N-dealkylation sites (N-methyl/N-ethyl adjacent to an activating group) is 1. The minimum Gasteiger partial charge on any atom is -0.508 e. The molecule has 0 spiro atoms. The van der Waals surface area contributed by atoms with Crippen LogP contribution >= 0.6 is 0 Å². The van der Waals surface area contributed by atoms with E-state index in [1.165, 1.54) is 12.8 Å². The van der Waals surface area contributed by atoms with Gasteiger partial charge in [-0.1, -0.05) is 18.6 Å². The molecule has 0 aliphatic carbocycles. The molecular formula is C13H19NO2. The van der Waals surface area contributed by atoms with Gasteiger partial charge in [-0.05, 0) is 44.1 Å². The summed E-state index contributed by atoms with van der Waals surface area (Å²) in [5.74, 6) is 0.243. The Bertz CT molecular complexity index is 336. The maximum absolute atomic E-state index is 10.3. The third kappa shape index (κ3) is 2.36. The van der Waals surface area contributed by atoms with Gasteiger partial charge in [-0.3, -0.25) is 0 Å². The van der Waals surface area contributed by atoms with E-state index in [2.05, 4.69) is 11.9 Å². The molecule has 0 aromatic heterocycles. The van der Waals surface area contributed by atoms with Crippen LogP contribution in [0.2, 0.25) is 0 Å². The van der Waals surface area contributed by atoms with Crippen molar-refractivity contribution in [3.8, 4) is 5.75 Å². The third-order valence-electron chi connectivity index (χ3n) is 3.43.